The first kappa shape index (κ1) is 17.5. The summed E-state index contributed by atoms with van der Waals surface area (Å²) in [5.74, 6) is 1.58. The Bertz CT molecular complexity index is 706. The van der Waals surface area contributed by atoms with Crippen LogP contribution in [0.3, 0.4) is 0 Å². The molecule has 0 aromatic heterocycles. The molecule has 3 rings (SSSR count). The van der Waals surface area contributed by atoms with Gasteiger partial charge >= 0.3 is 0 Å². The number of amides is 1. The first-order chi connectivity index (χ1) is 12.2. The lowest BCUT2D eigenvalue weighted by Crippen LogP contribution is -2.20. The van der Waals surface area contributed by atoms with Gasteiger partial charge in [-0.1, -0.05) is 18.2 Å². The van der Waals surface area contributed by atoms with Crippen LogP contribution in [0.4, 0.5) is 10.1 Å². The standard InChI is InChI=1S/C21H24FNO2/c1-25-20-5-3-2-4-19(20)16-8-6-15(7-9-16)14-21(24)23-18-12-10-17(22)11-13-18/h2-5,10-13,15-16H,6-9,14H2,1H3,(H,23,24). The van der Waals surface area contributed by atoms with Gasteiger partial charge in [-0.15, -0.1) is 0 Å². The summed E-state index contributed by atoms with van der Waals surface area (Å²) in [6, 6.07) is 14.1. The van der Waals surface area contributed by atoms with E-state index in [-0.39, 0.29) is 11.7 Å². The number of carbonyl (C=O) groups is 1. The van der Waals surface area contributed by atoms with Gasteiger partial charge in [0.15, 0.2) is 0 Å². The maximum Gasteiger partial charge on any atom is 0.224 e. The zero-order valence-electron chi connectivity index (χ0n) is 14.5. The summed E-state index contributed by atoms with van der Waals surface area (Å²) in [6.07, 6.45) is 4.76. The molecule has 0 spiro atoms. The van der Waals surface area contributed by atoms with Gasteiger partial charge in [0.05, 0.1) is 7.11 Å². The number of benzene rings is 2. The molecule has 1 fully saturated rings. The average Bonchev–Trinajstić information content (AvgIpc) is 2.64. The number of anilines is 1. The van der Waals surface area contributed by atoms with E-state index in [0.29, 0.717) is 23.9 Å². The molecule has 3 nitrogen and oxygen atoms in total. The molecule has 1 N–H and O–H groups in total. The number of rotatable bonds is 5. The molecule has 1 aliphatic rings. The van der Waals surface area contributed by atoms with E-state index in [9.17, 15) is 9.18 Å². The Balaban J connectivity index is 1.50. The van der Waals surface area contributed by atoms with Crippen molar-refractivity contribution in [2.24, 2.45) is 5.92 Å². The molecule has 0 bridgehead atoms. The lowest BCUT2D eigenvalue weighted by atomic mass is 9.77. The quantitative estimate of drug-likeness (QED) is 0.818. The highest BCUT2D eigenvalue weighted by Gasteiger charge is 2.25. The first-order valence-electron chi connectivity index (χ1n) is 8.84. The van der Waals surface area contributed by atoms with Crippen LogP contribution in [0.25, 0.3) is 0 Å². The molecule has 2 aromatic carbocycles. The van der Waals surface area contributed by atoms with Crippen molar-refractivity contribution >= 4 is 11.6 Å². The molecule has 25 heavy (non-hydrogen) atoms. The van der Waals surface area contributed by atoms with E-state index < -0.39 is 0 Å². The van der Waals surface area contributed by atoms with E-state index in [4.69, 9.17) is 4.74 Å². The Morgan fingerprint density at radius 1 is 1.08 bits per heavy atom. The fraction of sp³-hybridized carbons (Fsp3) is 0.381. The molecule has 4 heteroatoms. The van der Waals surface area contributed by atoms with Crippen LogP contribution in [0, 0.1) is 11.7 Å². The van der Waals surface area contributed by atoms with Gasteiger partial charge in [-0.2, -0.15) is 0 Å². The monoisotopic (exact) mass is 341 g/mol. The summed E-state index contributed by atoms with van der Waals surface area (Å²) >= 11 is 0. The minimum Gasteiger partial charge on any atom is -0.496 e. The number of ether oxygens (including phenoxy) is 1. The van der Waals surface area contributed by atoms with Gasteiger partial charge in [-0.3, -0.25) is 4.79 Å². The predicted molar refractivity (Wildman–Crippen MR) is 97.3 cm³/mol. The smallest absolute Gasteiger partial charge is 0.224 e. The number of para-hydroxylation sites is 1. The Morgan fingerprint density at radius 2 is 1.76 bits per heavy atom. The van der Waals surface area contributed by atoms with Gasteiger partial charge in [0.25, 0.3) is 0 Å². The fourth-order valence-electron chi connectivity index (χ4n) is 3.69. The summed E-state index contributed by atoms with van der Waals surface area (Å²) in [6.45, 7) is 0. The van der Waals surface area contributed by atoms with Crippen molar-refractivity contribution in [2.75, 3.05) is 12.4 Å². The van der Waals surface area contributed by atoms with Crippen LogP contribution < -0.4 is 10.1 Å². The summed E-state index contributed by atoms with van der Waals surface area (Å²) in [4.78, 5) is 12.2. The van der Waals surface area contributed by atoms with Gasteiger partial charge < -0.3 is 10.1 Å². The van der Waals surface area contributed by atoms with Crippen molar-refractivity contribution in [1.29, 1.82) is 0 Å². The van der Waals surface area contributed by atoms with E-state index in [1.165, 1.54) is 17.7 Å². The highest BCUT2D eigenvalue weighted by molar-refractivity contribution is 5.90. The van der Waals surface area contributed by atoms with Crippen LogP contribution in [-0.4, -0.2) is 13.0 Å². The molecule has 0 radical (unpaired) electrons. The average molecular weight is 341 g/mol. The molecule has 0 atom stereocenters. The third-order valence-electron chi connectivity index (χ3n) is 5.03. The number of hydrogen-bond donors (Lipinski definition) is 1. The van der Waals surface area contributed by atoms with Crippen molar-refractivity contribution in [3.63, 3.8) is 0 Å². The Hall–Kier alpha value is -2.36. The molecule has 1 aliphatic carbocycles. The Kier molecular flexibility index (Phi) is 5.69. The number of halogens is 1. The first-order valence-corrected chi connectivity index (χ1v) is 8.84. The van der Waals surface area contributed by atoms with E-state index in [2.05, 4.69) is 17.4 Å². The van der Waals surface area contributed by atoms with Crippen molar-refractivity contribution in [3.05, 3.63) is 59.9 Å². The van der Waals surface area contributed by atoms with Crippen LogP contribution in [-0.2, 0) is 4.79 Å². The van der Waals surface area contributed by atoms with Gasteiger partial charge in [-0.05, 0) is 73.4 Å². The number of carbonyl (C=O) groups excluding carboxylic acids is 1. The van der Waals surface area contributed by atoms with Gasteiger partial charge in [-0.25, -0.2) is 4.39 Å². The topological polar surface area (TPSA) is 38.3 Å². The number of hydrogen-bond acceptors (Lipinski definition) is 2. The molecule has 132 valence electrons. The lowest BCUT2D eigenvalue weighted by Gasteiger charge is -2.29. The van der Waals surface area contributed by atoms with Crippen molar-refractivity contribution in [2.45, 2.75) is 38.0 Å². The predicted octanol–water partition coefficient (Wildman–Crippen LogP) is 5.14. The highest BCUT2D eigenvalue weighted by atomic mass is 19.1. The zero-order valence-corrected chi connectivity index (χ0v) is 14.5. The zero-order chi connectivity index (χ0) is 17.6. The summed E-state index contributed by atoms with van der Waals surface area (Å²) < 4.78 is 18.4. The third-order valence-corrected chi connectivity index (χ3v) is 5.03. The molecular weight excluding hydrogens is 317 g/mol. The Labute approximate surface area is 148 Å². The van der Waals surface area contributed by atoms with E-state index in [0.717, 1.165) is 31.4 Å². The van der Waals surface area contributed by atoms with Crippen molar-refractivity contribution in [3.8, 4) is 5.75 Å². The van der Waals surface area contributed by atoms with Crippen LogP contribution in [0.1, 0.15) is 43.6 Å². The maximum absolute atomic E-state index is 12.9. The number of methoxy groups -OCH3 is 1. The minimum absolute atomic E-state index is 0.00681. The molecule has 1 amide bonds. The second-order valence-corrected chi connectivity index (χ2v) is 6.72. The van der Waals surface area contributed by atoms with Crippen molar-refractivity contribution < 1.29 is 13.9 Å². The SMILES string of the molecule is COc1ccccc1C1CCC(CC(=O)Nc2ccc(F)cc2)CC1. The normalized spacial score (nSPS) is 20.1. The largest absolute Gasteiger partial charge is 0.496 e. The molecule has 2 aromatic rings. The van der Waals surface area contributed by atoms with Crippen LogP contribution >= 0.6 is 0 Å². The summed E-state index contributed by atoms with van der Waals surface area (Å²) in [5, 5.41) is 2.85. The molecule has 0 heterocycles. The maximum atomic E-state index is 12.9. The van der Waals surface area contributed by atoms with E-state index >= 15 is 0 Å². The molecular formula is C21H24FNO2. The lowest BCUT2D eigenvalue weighted by molar-refractivity contribution is -0.117. The fourth-order valence-corrected chi connectivity index (χ4v) is 3.69. The van der Waals surface area contributed by atoms with Gasteiger partial charge in [0, 0.05) is 12.1 Å². The number of nitrogens with one attached hydrogen (secondary N) is 1. The Morgan fingerprint density at radius 3 is 2.44 bits per heavy atom. The third kappa shape index (κ3) is 4.59. The molecule has 1 saturated carbocycles. The van der Waals surface area contributed by atoms with Gasteiger partial charge in [0.2, 0.25) is 5.91 Å². The second kappa shape index (κ2) is 8.15. The van der Waals surface area contributed by atoms with Gasteiger partial charge in [0.1, 0.15) is 11.6 Å². The van der Waals surface area contributed by atoms with Crippen LogP contribution in [0.5, 0.6) is 5.75 Å². The van der Waals surface area contributed by atoms with Crippen LogP contribution in [0.15, 0.2) is 48.5 Å². The molecule has 0 aliphatic heterocycles. The molecule has 0 unspecified atom stereocenters. The minimum atomic E-state index is -0.298. The summed E-state index contributed by atoms with van der Waals surface area (Å²) in [7, 11) is 1.71. The molecule has 0 saturated heterocycles. The highest BCUT2D eigenvalue weighted by Crippen LogP contribution is 2.40. The van der Waals surface area contributed by atoms with Crippen molar-refractivity contribution in [1.82, 2.24) is 0 Å². The van der Waals surface area contributed by atoms with E-state index in [1.54, 1.807) is 19.2 Å². The summed E-state index contributed by atoms with van der Waals surface area (Å²) in [5.41, 5.74) is 1.92. The van der Waals surface area contributed by atoms with Crippen LogP contribution in [0.2, 0.25) is 0 Å². The second-order valence-electron chi connectivity index (χ2n) is 6.72. The van der Waals surface area contributed by atoms with E-state index in [1.807, 2.05) is 12.1 Å².